The van der Waals surface area contributed by atoms with Gasteiger partial charge < -0.3 is 29.9 Å². The van der Waals surface area contributed by atoms with Gasteiger partial charge in [0.1, 0.15) is 17.3 Å². The molecule has 0 bridgehead atoms. The number of nitrogens with one attached hydrogen (secondary N) is 2. The molecular formula is C12H18N4O6. The fourth-order valence-electron chi connectivity index (χ4n) is 1.61. The Bertz CT molecular complexity index is 562. The summed E-state index contributed by atoms with van der Waals surface area (Å²) in [5, 5.41) is 13.1. The van der Waals surface area contributed by atoms with Crippen LogP contribution < -0.4 is 5.32 Å². The van der Waals surface area contributed by atoms with Crippen LogP contribution in [0.2, 0.25) is 0 Å². The van der Waals surface area contributed by atoms with Gasteiger partial charge >= 0.3 is 17.9 Å². The number of hydrogen-bond acceptors (Lipinski definition) is 7. The Kier molecular flexibility index (Phi) is 5.44. The summed E-state index contributed by atoms with van der Waals surface area (Å²) in [4.78, 5) is 39.7. The first-order valence-corrected chi connectivity index (χ1v) is 6.38. The highest BCUT2D eigenvalue weighted by molar-refractivity contribution is 5.81. The predicted molar refractivity (Wildman–Crippen MR) is 74.1 cm³/mol. The average molecular weight is 314 g/mol. The molecule has 0 saturated heterocycles. The van der Waals surface area contributed by atoms with Crippen LogP contribution in [-0.4, -0.2) is 45.7 Å². The highest BCUT2D eigenvalue weighted by Crippen LogP contribution is 2.15. The molecule has 0 radical (unpaired) electrons. The van der Waals surface area contributed by atoms with Gasteiger partial charge in [0.15, 0.2) is 0 Å². The molecule has 0 aliphatic carbocycles. The summed E-state index contributed by atoms with van der Waals surface area (Å²) in [5.74, 6) is -1.17. The second kappa shape index (κ2) is 6.87. The molecule has 1 rings (SSSR count). The first-order chi connectivity index (χ1) is 10.1. The Morgan fingerprint density at radius 1 is 1.50 bits per heavy atom. The second-order valence-corrected chi connectivity index (χ2v) is 5.39. The summed E-state index contributed by atoms with van der Waals surface area (Å²) in [6, 6.07) is -1.14. The summed E-state index contributed by atoms with van der Waals surface area (Å²) in [6.45, 7) is 5.00. The van der Waals surface area contributed by atoms with E-state index in [0.717, 1.165) is 13.4 Å². The molecule has 122 valence electrons. The van der Waals surface area contributed by atoms with Crippen LogP contribution in [0, 0.1) is 10.1 Å². The summed E-state index contributed by atoms with van der Waals surface area (Å²) in [5.41, 5.74) is -0.651. The van der Waals surface area contributed by atoms with E-state index in [-0.39, 0.29) is 12.1 Å². The fourth-order valence-corrected chi connectivity index (χ4v) is 1.61. The van der Waals surface area contributed by atoms with E-state index >= 15 is 0 Å². The van der Waals surface area contributed by atoms with Gasteiger partial charge in [0, 0.05) is 6.42 Å². The third kappa shape index (κ3) is 5.04. The first kappa shape index (κ1) is 17.4. The summed E-state index contributed by atoms with van der Waals surface area (Å²) in [7, 11) is 1.15. The molecule has 0 aromatic carbocycles. The highest BCUT2D eigenvalue weighted by atomic mass is 16.6. The van der Waals surface area contributed by atoms with Crippen molar-refractivity contribution >= 4 is 17.9 Å². The number of carbonyl (C=O) groups excluding carboxylic acids is 2. The molecule has 22 heavy (non-hydrogen) atoms. The Morgan fingerprint density at radius 3 is 2.64 bits per heavy atom. The third-order valence-electron chi connectivity index (χ3n) is 2.45. The number of H-pyrrole nitrogens is 1. The third-order valence-corrected chi connectivity index (χ3v) is 2.45. The predicted octanol–water partition coefficient (Wildman–Crippen LogP) is 0.927. The number of aromatic nitrogens is 2. The lowest BCUT2D eigenvalue weighted by Crippen LogP contribution is -2.45. The molecule has 0 aliphatic rings. The van der Waals surface area contributed by atoms with E-state index in [0.29, 0.717) is 0 Å². The number of aromatic amines is 1. The van der Waals surface area contributed by atoms with Crippen LogP contribution in [-0.2, 0) is 20.7 Å². The fraction of sp³-hybridized carbons (Fsp3) is 0.583. The molecule has 2 N–H and O–H groups in total. The van der Waals surface area contributed by atoms with Crippen molar-refractivity contribution in [2.24, 2.45) is 0 Å². The molecule has 0 aliphatic heterocycles. The number of alkyl carbamates (subject to hydrolysis) is 1. The van der Waals surface area contributed by atoms with Gasteiger partial charge in [-0.3, -0.25) is 0 Å². The summed E-state index contributed by atoms with van der Waals surface area (Å²) < 4.78 is 9.62. The van der Waals surface area contributed by atoms with Gasteiger partial charge in [-0.05, 0) is 30.7 Å². The minimum atomic E-state index is -1.14. The van der Waals surface area contributed by atoms with Gasteiger partial charge in [0.25, 0.3) is 0 Å². The maximum Gasteiger partial charge on any atom is 0.408 e. The van der Waals surface area contributed by atoms with Crippen LogP contribution in [0.3, 0.4) is 0 Å². The van der Waals surface area contributed by atoms with Crippen LogP contribution >= 0.6 is 0 Å². The quantitative estimate of drug-likeness (QED) is 0.468. The molecule has 10 heteroatoms. The number of esters is 1. The van der Waals surface area contributed by atoms with Gasteiger partial charge in [-0.2, -0.15) is 0 Å². The number of ether oxygens (including phenoxy) is 2. The number of nitro groups is 1. The van der Waals surface area contributed by atoms with E-state index in [1.54, 1.807) is 20.8 Å². The number of carbonyl (C=O) groups is 2. The Hall–Kier alpha value is -2.65. The maximum atomic E-state index is 11.7. The van der Waals surface area contributed by atoms with E-state index in [1.807, 2.05) is 0 Å². The van der Waals surface area contributed by atoms with Crippen molar-refractivity contribution in [1.29, 1.82) is 0 Å². The summed E-state index contributed by atoms with van der Waals surface area (Å²) in [6.07, 6.45) is 0.127. The van der Waals surface area contributed by atoms with E-state index < -0.39 is 34.4 Å². The number of rotatable bonds is 5. The van der Waals surface area contributed by atoms with Crippen LogP contribution in [0.5, 0.6) is 0 Å². The minimum Gasteiger partial charge on any atom is -0.467 e. The van der Waals surface area contributed by atoms with Crippen molar-refractivity contribution in [2.75, 3.05) is 7.11 Å². The van der Waals surface area contributed by atoms with Gasteiger partial charge in [0.2, 0.25) is 6.33 Å². The zero-order valence-corrected chi connectivity index (χ0v) is 12.7. The molecule has 10 nitrogen and oxygen atoms in total. The Balaban J connectivity index is 2.86. The highest BCUT2D eigenvalue weighted by Gasteiger charge is 2.29. The van der Waals surface area contributed by atoms with Crippen LogP contribution in [0.4, 0.5) is 10.6 Å². The lowest BCUT2D eigenvalue weighted by molar-refractivity contribution is -0.390. The van der Waals surface area contributed by atoms with E-state index in [9.17, 15) is 19.7 Å². The molecule has 1 aromatic heterocycles. The normalized spacial score (nSPS) is 12.4. The van der Waals surface area contributed by atoms with Gasteiger partial charge in [-0.25, -0.2) is 9.59 Å². The first-order valence-electron chi connectivity index (χ1n) is 6.38. The van der Waals surface area contributed by atoms with Crippen molar-refractivity contribution in [2.45, 2.75) is 38.8 Å². The number of imidazole rings is 1. The van der Waals surface area contributed by atoms with Crippen molar-refractivity contribution in [1.82, 2.24) is 15.3 Å². The molecule has 0 fully saturated rings. The molecule has 1 atom stereocenters. The SMILES string of the molecule is COC(=O)C(Cc1[nH]cnc1[N+](=O)[O-])NC(=O)OC(C)(C)C. The lowest BCUT2D eigenvalue weighted by Gasteiger charge is -2.22. The molecule has 1 aromatic rings. The van der Waals surface area contributed by atoms with Crippen molar-refractivity contribution in [3.63, 3.8) is 0 Å². The van der Waals surface area contributed by atoms with Crippen molar-refractivity contribution in [3.8, 4) is 0 Å². The van der Waals surface area contributed by atoms with Gasteiger partial charge in [-0.1, -0.05) is 0 Å². The maximum absolute atomic E-state index is 11.7. The van der Waals surface area contributed by atoms with E-state index in [1.165, 1.54) is 0 Å². The molecule has 1 heterocycles. The Labute approximate surface area is 126 Å². The number of amides is 1. The molecular weight excluding hydrogens is 296 g/mol. The van der Waals surface area contributed by atoms with E-state index in [2.05, 4.69) is 20.0 Å². The average Bonchev–Trinajstić information content (AvgIpc) is 2.83. The molecule has 0 spiro atoms. The molecule has 0 saturated carbocycles. The smallest absolute Gasteiger partial charge is 0.408 e. The van der Waals surface area contributed by atoms with Crippen molar-refractivity contribution in [3.05, 3.63) is 22.1 Å². The van der Waals surface area contributed by atoms with Gasteiger partial charge in [0.05, 0.1) is 7.11 Å². The molecule has 1 amide bonds. The van der Waals surface area contributed by atoms with Crippen LogP contribution in [0.15, 0.2) is 6.33 Å². The largest absolute Gasteiger partial charge is 0.467 e. The number of hydrogen-bond donors (Lipinski definition) is 2. The van der Waals surface area contributed by atoms with Crippen LogP contribution in [0.1, 0.15) is 26.5 Å². The lowest BCUT2D eigenvalue weighted by atomic mass is 10.1. The van der Waals surface area contributed by atoms with Crippen LogP contribution in [0.25, 0.3) is 0 Å². The zero-order chi connectivity index (χ0) is 16.9. The zero-order valence-electron chi connectivity index (χ0n) is 12.7. The second-order valence-electron chi connectivity index (χ2n) is 5.39. The summed E-state index contributed by atoms with van der Waals surface area (Å²) >= 11 is 0. The number of nitrogens with zero attached hydrogens (tertiary/aromatic N) is 2. The minimum absolute atomic E-state index is 0.0939. The standard InChI is InChI=1S/C12H18N4O6/c1-12(2,3)22-11(18)15-8(10(17)21-4)5-7-9(16(19)20)14-6-13-7/h6,8H,5H2,1-4H3,(H,13,14)(H,15,18). The van der Waals surface area contributed by atoms with E-state index in [4.69, 9.17) is 4.74 Å². The van der Waals surface area contributed by atoms with Crippen molar-refractivity contribution < 1.29 is 24.0 Å². The Morgan fingerprint density at radius 2 is 2.14 bits per heavy atom. The number of methoxy groups -OCH3 is 1. The topological polar surface area (TPSA) is 136 Å². The van der Waals surface area contributed by atoms with Gasteiger partial charge in [-0.15, -0.1) is 0 Å². The monoisotopic (exact) mass is 314 g/mol. The molecule has 1 unspecified atom stereocenters.